The Morgan fingerprint density at radius 1 is 1.18 bits per heavy atom. The van der Waals surface area contributed by atoms with Crippen LogP contribution in [0.4, 0.5) is 0 Å². The molecular weight excluding hydrogens is 138 g/mol. The molecule has 11 heavy (non-hydrogen) atoms. The summed E-state index contributed by atoms with van der Waals surface area (Å²) in [4.78, 5) is 0. The summed E-state index contributed by atoms with van der Waals surface area (Å²) in [6, 6.07) is 0.322. The molecule has 2 atom stereocenters. The van der Waals surface area contributed by atoms with Crippen LogP contribution in [0.3, 0.4) is 0 Å². The summed E-state index contributed by atoms with van der Waals surface area (Å²) >= 11 is 0. The highest BCUT2D eigenvalue weighted by Crippen LogP contribution is 2.38. The van der Waals surface area contributed by atoms with Gasteiger partial charge in [-0.2, -0.15) is 0 Å². The first kappa shape index (κ1) is 7.56. The number of hydrogen-bond acceptors (Lipinski definition) is 2. The van der Waals surface area contributed by atoms with E-state index in [-0.39, 0.29) is 5.60 Å². The lowest BCUT2D eigenvalue weighted by Crippen LogP contribution is -2.47. The average molecular weight is 155 g/mol. The Bertz CT molecular complexity index is 140. The number of nitrogens with two attached hydrogens (primary N) is 1. The lowest BCUT2D eigenvalue weighted by Gasteiger charge is -2.37. The Morgan fingerprint density at radius 2 is 2.00 bits per heavy atom. The van der Waals surface area contributed by atoms with Crippen molar-refractivity contribution in [1.29, 1.82) is 0 Å². The molecule has 2 nitrogen and oxygen atoms in total. The third kappa shape index (κ3) is 1.18. The van der Waals surface area contributed by atoms with Gasteiger partial charge < -0.3 is 10.5 Å². The third-order valence-electron chi connectivity index (χ3n) is 3.17. The van der Waals surface area contributed by atoms with E-state index in [0.717, 1.165) is 6.61 Å². The monoisotopic (exact) mass is 155 g/mol. The number of ether oxygens (including phenoxy) is 1. The molecular formula is C9H17NO. The predicted molar refractivity (Wildman–Crippen MR) is 44.4 cm³/mol. The first-order valence-electron chi connectivity index (χ1n) is 4.73. The second-order valence-corrected chi connectivity index (χ2v) is 3.87. The van der Waals surface area contributed by atoms with E-state index in [0.29, 0.717) is 6.04 Å². The van der Waals surface area contributed by atoms with Crippen molar-refractivity contribution in [3.8, 4) is 0 Å². The lowest BCUT2D eigenvalue weighted by atomic mass is 9.89. The van der Waals surface area contributed by atoms with E-state index in [2.05, 4.69) is 0 Å². The Balaban J connectivity index is 2.06. The second kappa shape index (κ2) is 2.76. The Kier molecular flexibility index (Phi) is 1.90. The van der Waals surface area contributed by atoms with Gasteiger partial charge in [0.2, 0.25) is 0 Å². The predicted octanol–water partition coefficient (Wildman–Crippen LogP) is 1.44. The molecule has 2 unspecified atom stereocenters. The minimum absolute atomic E-state index is 0.109. The highest BCUT2D eigenvalue weighted by atomic mass is 16.5. The normalized spacial score (nSPS) is 45.0. The minimum atomic E-state index is 0.109. The molecule has 2 N–H and O–H groups in total. The van der Waals surface area contributed by atoms with Gasteiger partial charge in [-0.05, 0) is 38.5 Å². The molecule has 0 radical (unpaired) electrons. The molecule has 0 bridgehead atoms. The van der Waals surface area contributed by atoms with Crippen molar-refractivity contribution in [1.82, 2.24) is 0 Å². The maximum Gasteiger partial charge on any atom is 0.0832 e. The SMILES string of the molecule is NC1CCCC12CCCCO2. The van der Waals surface area contributed by atoms with Gasteiger partial charge in [-0.15, -0.1) is 0 Å². The van der Waals surface area contributed by atoms with Gasteiger partial charge in [0.25, 0.3) is 0 Å². The van der Waals surface area contributed by atoms with E-state index in [4.69, 9.17) is 10.5 Å². The van der Waals surface area contributed by atoms with E-state index >= 15 is 0 Å². The molecule has 0 aromatic rings. The molecule has 0 aromatic heterocycles. The third-order valence-corrected chi connectivity index (χ3v) is 3.17. The lowest BCUT2D eigenvalue weighted by molar-refractivity contribution is -0.0824. The standard InChI is InChI=1S/C9H17NO/c10-8-4-3-6-9(8)5-1-2-7-11-9/h8H,1-7,10H2. The van der Waals surface area contributed by atoms with Crippen LogP contribution in [-0.2, 0) is 4.74 Å². The molecule has 2 fully saturated rings. The van der Waals surface area contributed by atoms with E-state index in [9.17, 15) is 0 Å². The van der Waals surface area contributed by atoms with Gasteiger partial charge in [0.15, 0.2) is 0 Å². The number of rotatable bonds is 0. The maximum absolute atomic E-state index is 6.02. The molecule has 0 aromatic carbocycles. The molecule has 2 heteroatoms. The van der Waals surface area contributed by atoms with Gasteiger partial charge in [-0.3, -0.25) is 0 Å². The van der Waals surface area contributed by atoms with E-state index in [1.165, 1.54) is 38.5 Å². The van der Waals surface area contributed by atoms with Gasteiger partial charge in [0.05, 0.1) is 5.60 Å². The minimum Gasteiger partial charge on any atom is -0.373 e. The van der Waals surface area contributed by atoms with Crippen molar-refractivity contribution in [2.24, 2.45) is 5.73 Å². The molecule has 0 amide bonds. The van der Waals surface area contributed by atoms with Gasteiger partial charge in [-0.1, -0.05) is 0 Å². The van der Waals surface area contributed by atoms with Crippen LogP contribution >= 0.6 is 0 Å². The van der Waals surface area contributed by atoms with E-state index in [1.807, 2.05) is 0 Å². The fourth-order valence-electron chi connectivity index (χ4n) is 2.43. The van der Waals surface area contributed by atoms with Crippen LogP contribution in [-0.4, -0.2) is 18.2 Å². The van der Waals surface area contributed by atoms with Gasteiger partial charge in [0.1, 0.15) is 0 Å². The van der Waals surface area contributed by atoms with E-state index in [1.54, 1.807) is 0 Å². The fraction of sp³-hybridized carbons (Fsp3) is 1.00. The molecule has 1 saturated heterocycles. The van der Waals surface area contributed by atoms with Crippen molar-refractivity contribution < 1.29 is 4.74 Å². The zero-order valence-corrected chi connectivity index (χ0v) is 7.01. The topological polar surface area (TPSA) is 35.2 Å². The van der Waals surface area contributed by atoms with Crippen molar-refractivity contribution in [3.63, 3.8) is 0 Å². The van der Waals surface area contributed by atoms with Crippen LogP contribution in [0.1, 0.15) is 38.5 Å². The van der Waals surface area contributed by atoms with Crippen molar-refractivity contribution in [2.45, 2.75) is 50.2 Å². The molecule has 2 rings (SSSR count). The summed E-state index contributed by atoms with van der Waals surface area (Å²) in [6.45, 7) is 0.938. The molecule has 64 valence electrons. The molecule has 1 aliphatic heterocycles. The highest BCUT2D eigenvalue weighted by Gasteiger charge is 2.42. The summed E-state index contributed by atoms with van der Waals surface area (Å²) in [5.41, 5.74) is 6.13. The van der Waals surface area contributed by atoms with Gasteiger partial charge in [0, 0.05) is 12.6 Å². The summed E-state index contributed by atoms with van der Waals surface area (Å²) in [6.07, 6.45) is 7.38. The zero-order valence-electron chi connectivity index (χ0n) is 7.01. The Labute approximate surface area is 68.1 Å². The van der Waals surface area contributed by atoms with Crippen molar-refractivity contribution in [2.75, 3.05) is 6.61 Å². The quantitative estimate of drug-likeness (QED) is 0.574. The summed E-state index contributed by atoms with van der Waals surface area (Å²) in [5.74, 6) is 0. The van der Waals surface area contributed by atoms with Gasteiger partial charge in [-0.25, -0.2) is 0 Å². The summed E-state index contributed by atoms with van der Waals surface area (Å²) < 4.78 is 5.81. The van der Waals surface area contributed by atoms with Crippen LogP contribution in [0.15, 0.2) is 0 Å². The first-order chi connectivity index (χ1) is 5.33. The van der Waals surface area contributed by atoms with Crippen LogP contribution in [0.2, 0.25) is 0 Å². The highest BCUT2D eigenvalue weighted by molar-refractivity contribution is 4.98. The zero-order chi connectivity index (χ0) is 7.73. The van der Waals surface area contributed by atoms with Gasteiger partial charge >= 0.3 is 0 Å². The molecule has 1 saturated carbocycles. The number of hydrogen-bond donors (Lipinski definition) is 1. The van der Waals surface area contributed by atoms with Crippen molar-refractivity contribution >= 4 is 0 Å². The maximum atomic E-state index is 6.02. The van der Waals surface area contributed by atoms with Crippen LogP contribution in [0.25, 0.3) is 0 Å². The Hall–Kier alpha value is -0.0800. The van der Waals surface area contributed by atoms with Crippen molar-refractivity contribution in [3.05, 3.63) is 0 Å². The Morgan fingerprint density at radius 3 is 2.55 bits per heavy atom. The largest absolute Gasteiger partial charge is 0.373 e. The second-order valence-electron chi connectivity index (χ2n) is 3.87. The fourth-order valence-corrected chi connectivity index (χ4v) is 2.43. The average Bonchev–Trinajstić information content (AvgIpc) is 2.36. The summed E-state index contributed by atoms with van der Waals surface area (Å²) in [5, 5.41) is 0. The first-order valence-corrected chi connectivity index (χ1v) is 4.73. The van der Waals surface area contributed by atoms with Crippen LogP contribution in [0, 0.1) is 0 Å². The summed E-state index contributed by atoms with van der Waals surface area (Å²) in [7, 11) is 0. The van der Waals surface area contributed by atoms with Crippen LogP contribution < -0.4 is 5.73 Å². The van der Waals surface area contributed by atoms with Crippen LogP contribution in [0.5, 0.6) is 0 Å². The molecule has 1 aliphatic carbocycles. The molecule has 2 aliphatic rings. The van der Waals surface area contributed by atoms with E-state index < -0.39 is 0 Å². The smallest absolute Gasteiger partial charge is 0.0832 e. The molecule has 1 heterocycles. The molecule has 1 spiro atoms.